The lowest BCUT2D eigenvalue weighted by atomic mass is 9.77. The number of rotatable bonds is 8. The summed E-state index contributed by atoms with van der Waals surface area (Å²) in [6.07, 6.45) is 6.46. The number of likely N-dealkylation sites (N-methyl/N-ethyl adjacent to an activating group) is 1. The van der Waals surface area contributed by atoms with E-state index >= 15 is 4.79 Å². The van der Waals surface area contributed by atoms with Crippen LogP contribution >= 0.6 is 0 Å². The van der Waals surface area contributed by atoms with Crippen LogP contribution in [-0.4, -0.2) is 138 Å². The number of amides is 3. The third kappa shape index (κ3) is 7.17. The van der Waals surface area contributed by atoms with Gasteiger partial charge in [0.15, 0.2) is 0 Å². The second-order valence-electron chi connectivity index (χ2n) is 14.7. The van der Waals surface area contributed by atoms with Crippen molar-refractivity contribution in [3.05, 3.63) is 96.1 Å². The number of ether oxygens (including phenoxy) is 3. The third-order valence-corrected chi connectivity index (χ3v) is 11.7. The maximum Gasteiger partial charge on any atom is 0.313 e. The van der Waals surface area contributed by atoms with E-state index in [0.29, 0.717) is 51.3 Å². The molecule has 3 amide bonds. The van der Waals surface area contributed by atoms with Crippen molar-refractivity contribution in [2.45, 2.75) is 62.1 Å². The summed E-state index contributed by atoms with van der Waals surface area (Å²) in [5.41, 5.74) is 0.106. The summed E-state index contributed by atoms with van der Waals surface area (Å²) in [7, 11) is 1.71. The van der Waals surface area contributed by atoms with Gasteiger partial charge >= 0.3 is 5.97 Å². The van der Waals surface area contributed by atoms with Gasteiger partial charge in [-0.1, -0.05) is 85.0 Å². The molecule has 3 saturated heterocycles. The molecular formula is C41H50N4O8. The standard InChI is InChI=1S/C41H50N4O8/c1-28-36(30-14-7-4-8-15-30)52-40(50)34-32(16-9-10-17-33(47)42(28)2)53-41-18-11-19-44(21-20-43-22-24-51-25-23-43)39(49)37(41)45(38(48)35(34)41)31(27-46)26-29-12-5-3-6-13-29/h3-9,11-16,18,28,31-32,34-37,46H,10,17,19-27H2,1-2H3/b16-9-/t28-,31-,32-,34+,35+,36+,37-,41+/m1/s1. The number of likely N-dealkylation sites (tertiary alicyclic amines) is 1. The predicted octanol–water partition coefficient (Wildman–Crippen LogP) is 2.38. The van der Waals surface area contributed by atoms with Crippen molar-refractivity contribution >= 4 is 23.7 Å². The second kappa shape index (κ2) is 15.9. The molecule has 8 atom stereocenters. The molecule has 2 aromatic carbocycles. The molecule has 282 valence electrons. The number of allylic oxidation sites excluding steroid dienone is 1. The maximum absolute atomic E-state index is 15.1. The molecule has 0 aliphatic carbocycles. The molecule has 5 aliphatic rings. The van der Waals surface area contributed by atoms with Crippen molar-refractivity contribution in [2.75, 3.05) is 59.6 Å². The van der Waals surface area contributed by atoms with Crippen molar-refractivity contribution in [3.8, 4) is 0 Å². The monoisotopic (exact) mass is 726 g/mol. The molecule has 0 saturated carbocycles. The molecule has 12 nitrogen and oxygen atoms in total. The molecule has 53 heavy (non-hydrogen) atoms. The Hall–Kier alpha value is -4.36. The summed E-state index contributed by atoms with van der Waals surface area (Å²) in [6, 6.07) is 16.4. The van der Waals surface area contributed by atoms with Crippen molar-refractivity contribution < 1.29 is 38.5 Å². The molecule has 0 radical (unpaired) electrons. The largest absolute Gasteiger partial charge is 0.455 e. The first kappa shape index (κ1) is 37.0. The van der Waals surface area contributed by atoms with Crippen molar-refractivity contribution in [1.82, 2.24) is 19.6 Å². The van der Waals surface area contributed by atoms with Crippen LogP contribution in [0.2, 0.25) is 0 Å². The molecule has 12 heteroatoms. The highest BCUT2D eigenvalue weighted by Gasteiger charge is 2.72. The number of carbonyl (C=O) groups excluding carboxylic acids is 4. The Morgan fingerprint density at radius 1 is 0.925 bits per heavy atom. The minimum atomic E-state index is -1.51. The van der Waals surface area contributed by atoms with E-state index in [0.717, 1.165) is 18.7 Å². The fourth-order valence-corrected chi connectivity index (χ4v) is 8.69. The molecule has 1 spiro atoms. The molecule has 1 N–H and O–H groups in total. The molecule has 5 aliphatic heterocycles. The Bertz CT molecular complexity index is 1700. The van der Waals surface area contributed by atoms with Crippen LogP contribution in [0.15, 0.2) is 85.0 Å². The van der Waals surface area contributed by atoms with Gasteiger partial charge in [-0.25, -0.2) is 0 Å². The predicted molar refractivity (Wildman–Crippen MR) is 195 cm³/mol. The number of hydrogen-bond acceptors (Lipinski definition) is 9. The Morgan fingerprint density at radius 3 is 2.36 bits per heavy atom. The van der Waals surface area contributed by atoms with E-state index in [-0.39, 0.29) is 18.2 Å². The molecule has 0 aromatic heterocycles. The summed E-state index contributed by atoms with van der Waals surface area (Å²) in [5, 5.41) is 10.9. The minimum Gasteiger partial charge on any atom is -0.455 e. The quantitative estimate of drug-likeness (QED) is 0.322. The number of benzene rings is 2. The fourth-order valence-electron chi connectivity index (χ4n) is 8.69. The van der Waals surface area contributed by atoms with E-state index in [1.807, 2.05) is 85.8 Å². The normalized spacial score (nSPS) is 32.2. The molecular weight excluding hydrogens is 676 g/mol. The lowest BCUT2D eigenvalue weighted by Gasteiger charge is -2.39. The highest BCUT2D eigenvalue weighted by Crippen LogP contribution is 2.54. The van der Waals surface area contributed by atoms with Gasteiger partial charge in [-0.15, -0.1) is 0 Å². The molecule has 0 bridgehead atoms. The number of nitrogens with zero attached hydrogens (tertiary/aromatic N) is 4. The first-order valence-electron chi connectivity index (χ1n) is 18.8. The smallest absolute Gasteiger partial charge is 0.313 e. The summed E-state index contributed by atoms with van der Waals surface area (Å²) in [6.45, 7) is 5.64. The first-order valence-corrected chi connectivity index (χ1v) is 18.8. The molecule has 3 fully saturated rings. The Morgan fingerprint density at radius 2 is 1.64 bits per heavy atom. The van der Waals surface area contributed by atoms with E-state index in [4.69, 9.17) is 14.2 Å². The van der Waals surface area contributed by atoms with Crippen molar-refractivity contribution in [2.24, 2.45) is 11.8 Å². The zero-order chi connectivity index (χ0) is 37.1. The average molecular weight is 727 g/mol. The maximum atomic E-state index is 15.1. The minimum absolute atomic E-state index is 0.0899. The molecule has 7 rings (SSSR count). The van der Waals surface area contributed by atoms with Gasteiger partial charge in [0.2, 0.25) is 17.7 Å². The number of carbonyl (C=O) groups is 4. The van der Waals surface area contributed by atoms with Gasteiger partial charge in [-0.05, 0) is 30.9 Å². The fraction of sp³-hybridized carbons (Fsp3) is 0.512. The number of aliphatic hydroxyl groups excluding tert-OH is 1. The van der Waals surface area contributed by atoms with Gasteiger partial charge in [0.05, 0.1) is 43.9 Å². The molecule has 5 heterocycles. The lowest BCUT2D eigenvalue weighted by Crippen LogP contribution is -2.59. The van der Waals surface area contributed by atoms with Gasteiger partial charge < -0.3 is 34.0 Å². The topological polar surface area (TPSA) is 129 Å². The number of fused-ring (bicyclic) bond motifs is 2. The van der Waals surface area contributed by atoms with E-state index in [1.165, 1.54) is 4.90 Å². The van der Waals surface area contributed by atoms with Gasteiger partial charge in [0.25, 0.3) is 0 Å². The zero-order valence-electron chi connectivity index (χ0n) is 30.5. The Kier molecular flexibility index (Phi) is 11.1. The summed E-state index contributed by atoms with van der Waals surface area (Å²) in [4.78, 5) is 65.2. The van der Waals surface area contributed by atoms with E-state index < -0.39 is 66.3 Å². The number of aliphatic hydroxyl groups is 1. The summed E-state index contributed by atoms with van der Waals surface area (Å²) < 4.78 is 18.8. The van der Waals surface area contributed by atoms with Crippen LogP contribution in [0, 0.1) is 11.8 Å². The number of cyclic esters (lactones) is 1. The van der Waals surface area contributed by atoms with Crippen LogP contribution in [-0.2, 0) is 39.8 Å². The van der Waals surface area contributed by atoms with Gasteiger partial charge in [-0.3, -0.25) is 24.1 Å². The van der Waals surface area contributed by atoms with Crippen LogP contribution in [0.1, 0.15) is 37.0 Å². The van der Waals surface area contributed by atoms with Crippen molar-refractivity contribution in [3.63, 3.8) is 0 Å². The van der Waals surface area contributed by atoms with Crippen LogP contribution in [0.4, 0.5) is 0 Å². The SMILES string of the molecule is C[C@@H]1[C@@H](c2ccccc2)OC(=O)[C@@H]2[C@H]3C(=O)N([C@@H](CO)Cc4ccccc4)[C@@H]4C(=O)N(CCN5CCOCC5)CC=C[C@]34O[C@@H]2/C=C\CCC(=O)N1C. The molecule has 0 unspecified atom stereocenters. The lowest BCUT2D eigenvalue weighted by molar-refractivity contribution is -0.164. The van der Waals surface area contributed by atoms with E-state index in [2.05, 4.69) is 4.90 Å². The second-order valence-corrected chi connectivity index (χ2v) is 14.7. The Labute approximate surface area is 310 Å². The zero-order valence-corrected chi connectivity index (χ0v) is 30.5. The highest BCUT2D eigenvalue weighted by atomic mass is 16.6. The first-order chi connectivity index (χ1) is 25.7. The van der Waals surface area contributed by atoms with Crippen LogP contribution in [0.5, 0.6) is 0 Å². The van der Waals surface area contributed by atoms with Crippen LogP contribution in [0.3, 0.4) is 0 Å². The van der Waals surface area contributed by atoms with E-state index in [9.17, 15) is 19.5 Å². The van der Waals surface area contributed by atoms with Gasteiger partial charge in [0.1, 0.15) is 23.7 Å². The van der Waals surface area contributed by atoms with Crippen molar-refractivity contribution in [1.29, 1.82) is 0 Å². The molecule has 2 aromatic rings. The highest BCUT2D eigenvalue weighted by molar-refractivity contribution is 5.99. The van der Waals surface area contributed by atoms with Gasteiger partial charge in [-0.2, -0.15) is 0 Å². The van der Waals surface area contributed by atoms with E-state index in [1.54, 1.807) is 22.9 Å². The number of hydrogen-bond donors (Lipinski definition) is 1. The number of esters is 1. The third-order valence-electron chi connectivity index (χ3n) is 11.7. The van der Waals surface area contributed by atoms with Crippen LogP contribution < -0.4 is 0 Å². The Balaban J connectivity index is 1.29. The summed E-state index contributed by atoms with van der Waals surface area (Å²) >= 11 is 0. The average Bonchev–Trinajstić information content (AvgIpc) is 3.58. The van der Waals surface area contributed by atoms with Crippen LogP contribution in [0.25, 0.3) is 0 Å². The summed E-state index contributed by atoms with van der Waals surface area (Å²) in [5.74, 6) is -3.65. The van der Waals surface area contributed by atoms with Gasteiger partial charge in [0, 0.05) is 46.2 Å². The number of morpholine rings is 1.